The fourth-order valence-electron chi connectivity index (χ4n) is 2.85. The van der Waals surface area contributed by atoms with Crippen LogP contribution in [-0.2, 0) is 26.8 Å². The highest BCUT2D eigenvalue weighted by atomic mass is 32.2. The van der Waals surface area contributed by atoms with E-state index in [-0.39, 0.29) is 5.75 Å². The smallest absolute Gasteiger partial charge is 0.239 e. The number of rotatable bonds is 8. The second-order valence-corrected chi connectivity index (χ2v) is 8.76. The fourth-order valence-corrected chi connectivity index (χ4v) is 4.11. The lowest BCUT2D eigenvalue weighted by atomic mass is 10.1. The van der Waals surface area contributed by atoms with E-state index in [1.165, 1.54) is 0 Å². The van der Waals surface area contributed by atoms with Crippen molar-refractivity contribution >= 4 is 21.4 Å². The Balaban J connectivity index is 1.61. The lowest BCUT2D eigenvalue weighted by Gasteiger charge is -2.09. The second-order valence-electron chi connectivity index (χ2n) is 6.69. The SMILES string of the molecule is CCc1ccc(NC(=O)CS(=O)(=O)Cc2cccc(Oc3ccccc3)c2)cc1. The van der Waals surface area contributed by atoms with Crippen LogP contribution < -0.4 is 10.1 Å². The van der Waals surface area contributed by atoms with Crippen molar-refractivity contribution in [2.24, 2.45) is 0 Å². The van der Waals surface area contributed by atoms with Gasteiger partial charge in [0.1, 0.15) is 17.3 Å². The summed E-state index contributed by atoms with van der Waals surface area (Å²) >= 11 is 0. The summed E-state index contributed by atoms with van der Waals surface area (Å²) in [5.74, 6) is -0.149. The maximum Gasteiger partial charge on any atom is 0.239 e. The molecule has 6 heteroatoms. The highest BCUT2D eigenvalue weighted by Gasteiger charge is 2.18. The van der Waals surface area contributed by atoms with E-state index in [0.29, 0.717) is 22.7 Å². The van der Waals surface area contributed by atoms with Gasteiger partial charge in [0.25, 0.3) is 0 Å². The van der Waals surface area contributed by atoms with E-state index in [2.05, 4.69) is 5.32 Å². The molecule has 0 aromatic heterocycles. The van der Waals surface area contributed by atoms with Crippen LogP contribution in [0.3, 0.4) is 0 Å². The van der Waals surface area contributed by atoms with Gasteiger partial charge in [-0.3, -0.25) is 4.79 Å². The average Bonchev–Trinajstić information content (AvgIpc) is 2.68. The Labute approximate surface area is 171 Å². The molecule has 0 spiro atoms. The molecular weight excluding hydrogens is 386 g/mol. The Morgan fingerprint density at radius 1 is 0.862 bits per heavy atom. The van der Waals surface area contributed by atoms with Crippen molar-refractivity contribution in [1.82, 2.24) is 0 Å². The van der Waals surface area contributed by atoms with Crippen LogP contribution in [-0.4, -0.2) is 20.1 Å². The zero-order chi connectivity index (χ0) is 20.7. The summed E-state index contributed by atoms with van der Waals surface area (Å²) in [5.41, 5.74) is 2.30. The lowest BCUT2D eigenvalue weighted by molar-refractivity contribution is -0.113. The third kappa shape index (κ3) is 6.47. The van der Waals surface area contributed by atoms with E-state index in [1.54, 1.807) is 36.4 Å². The number of benzene rings is 3. The van der Waals surface area contributed by atoms with Crippen LogP contribution in [0.25, 0.3) is 0 Å². The van der Waals surface area contributed by atoms with Crippen molar-refractivity contribution in [2.75, 3.05) is 11.1 Å². The second kappa shape index (κ2) is 9.39. The van der Waals surface area contributed by atoms with Gasteiger partial charge in [0.2, 0.25) is 5.91 Å². The molecule has 0 unspecified atom stereocenters. The molecule has 5 nitrogen and oxygen atoms in total. The number of carbonyl (C=O) groups is 1. The average molecular weight is 410 g/mol. The molecular formula is C23H23NO4S. The molecule has 0 saturated carbocycles. The van der Waals surface area contributed by atoms with Crippen molar-refractivity contribution < 1.29 is 17.9 Å². The number of para-hydroxylation sites is 1. The monoisotopic (exact) mass is 409 g/mol. The van der Waals surface area contributed by atoms with E-state index in [1.807, 2.05) is 49.4 Å². The van der Waals surface area contributed by atoms with Gasteiger partial charge in [-0.2, -0.15) is 0 Å². The molecule has 29 heavy (non-hydrogen) atoms. The molecule has 0 aliphatic carbocycles. The number of hydrogen-bond donors (Lipinski definition) is 1. The van der Waals surface area contributed by atoms with Crippen LogP contribution in [0.4, 0.5) is 5.69 Å². The van der Waals surface area contributed by atoms with Gasteiger partial charge >= 0.3 is 0 Å². The van der Waals surface area contributed by atoms with Crippen LogP contribution >= 0.6 is 0 Å². The molecule has 0 aliphatic heterocycles. The van der Waals surface area contributed by atoms with Crippen molar-refractivity contribution in [2.45, 2.75) is 19.1 Å². The number of aryl methyl sites for hydroxylation is 1. The van der Waals surface area contributed by atoms with Crippen LogP contribution in [0, 0.1) is 0 Å². The molecule has 1 N–H and O–H groups in total. The highest BCUT2D eigenvalue weighted by Crippen LogP contribution is 2.22. The van der Waals surface area contributed by atoms with Crippen LogP contribution in [0.2, 0.25) is 0 Å². The Hall–Kier alpha value is -3.12. The maximum atomic E-state index is 12.5. The minimum Gasteiger partial charge on any atom is -0.457 e. The quantitative estimate of drug-likeness (QED) is 0.590. The number of amides is 1. The van der Waals surface area contributed by atoms with Crippen LogP contribution in [0.1, 0.15) is 18.1 Å². The van der Waals surface area contributed by atoms with Gasteiger partial charge in [-0.25, -0.2) is 8.42 Å². The lowest BCUT2D eigenvalue weighted by Crippen LogP contribution is -2.23. The summed E-state index contributed by atoms with van der Waals surface area (Å²) in [5, 5.41) is 2.64. The maximum absolute atomic E-state index is 12.5. The van der Waals surface area contributed by atoms with Crippen LogP contribution in [0.5, 0.6) is 11.5 Å². The first kappa shape index (κ1) is 20.6. The summed E-state index contributed by atoms with van der Waals surface area (Å²) in [6, 6.07) is 23.5. The first-order valence-electron chi connectivity index (χ1n) is 9.34. The van der Waals surface area contributed by atoms with Crippen LogP contribution in [0.15, 0.2) is 78.9 Å². The first-order chi connectivity index (χ1) is 13.9. The zero-order valence-corrected chi connectivity index (χ0v) is 17.0. The topological polar surface area (TPSA) is 72.5 Å². The zero-order valence-electron chi connectivity index (χ0n) is 16.2. The largest absolute Gasteiger partial charge is 0.457 e. The third-order valence-electron chi connectivity index (χ3n) is 4.26. The molecule has 0 atom stereocenters. The van der Waals surface area contributed by atoms with E-state index in [0.717, 1.165) is 12.0 Å². The molecule has 3 aromatic carbocycles. The van der Waals surface area contributed by atoms with Gasteiger partial charge in [-0.15, -0.1) is 0 Å². The predicted octanol–water partition coefficient (Wildman–Crippen LogP) is 4.59. The van der Waals surface area contributed by atoms with Gasteiger partial charge in [0.05, 0.1) is 5.75 Å². The Bertz CT molecular complexity index is 1060. The number of sulfone groups is 1. The van der Waals surface area contributed by atoms with Crippen molar-refractivity contribution in [3.05, 3.63) is 90.0 Å². The summed E-state index contributed by atoms with van der Waals surface area (Å²) in [4.78, 5) is 12.2. The molecule has 0 fully saturated rings. The number of ether oxygens (including phenoxy) is 1. The molecule has 150 valence electrons. The van der Waals surface area contributed by atoms with E-state index in [4.69, 9.17) is 4.74 Å². The Morgan fingerprint density at radius 3 is 2.24 bits per heavy atom. The summed E-state index contributed by atoms with van der Waals surface area (Å²) in [6.45, 7) is 2.04. The summed E-state index contributed by atoms with van der Waals surface area (Å²) in [7, 11) is -3.62. The van der Waals surface area contributed by atoms with Gasteiger partial charge in [0.15, 0.2) is 9.84 Å². The molecule has 0 bridgehead atoms. The minimum absolute atomic E-state index is 0.235. The number of carbonyl (C=O) groups excluding carboxylic acids is 1. The minimum atomic E-state index is -3.62. The van der Waals surface area contributed by atoms with E-state index >= 15 is 0 Å². The van der Waals surface area contributed by atoms with E-state index < -0.39 is 21.5 Å². The van der Waals surface area contributed by atoms with E-state index in [9.17, 15) is 13.2 Å². The molecule has 1 amide bonds. The Morgan fingerprint density at radius 2 is 1.55 bits per heavy atom. The van der Waals surface area contributed by atoms with Gasteiger partial charge < -0.3 is 10.1 Å². The summed E-state index contributed by atoms with van der Waals surface area (Å²) in [6.07, 6.45) is 0.898. The molecule has 0 heterocycles. The van der Waals surface area contributed by atoms with Crippen molar-refractivity contribution in [1.29, 1.82) is 0 Å². The van der Waals surface area contributed by atoms with Gasteiger partial charge in [-0.1, -0.05) is 49.4 Å². The standard InChI is InChI=1S/C23H23NO4S/c1-2-18-11-13-20(14-12-18)24-23(25)17-29(26,27)16-19-7-6-10-22(15-19)28-21-8-4-3-5-9-21/h3-15H,2,16-17H2,1H3,(H,24,25). The summed E-state index contributed by atoms with van der Waals surface area (Å²) < 4.78 is 30.7. The number of nitrogens with one attached hydrogen (secondary N) is 1. The normalized spacial score (nSPS) is 11.1. The first-order valence-corrected chi connectivity index (χ1v) is 11.2. The molecule has 3 rings (SSSR count). The number of anilines is 1. The van der Waals surface area contributed by atoms with Gasteiger partial charge in [0, 0.05) is 5.69 Å². The molecule has 0 saturated heterocycles. The van der Waals surface area contributed by atoms with Crippen molar-refractivity contribution in [3.8, 4) is 11.5 Å². The van der Waals surface area contributed by atoms with Gasteiger partial charge in [-0.05, 0) is 53.9 Å². The highest BCUT2D eigenvalue weighted by molar-refractivity contribution is 7.91. The van der Waals surface area contributed by atoms with Crippen molar-refractivity contribution in [3.63, 3.8) is 0 Å². The Kier molecular flexibility index (Phi) is 6.67. The number of hydrogen-bond acceptors (Lipinski definition) is 4. The molecule has 0 radical (unpaired) electrons. The third-order valence-corrected chi connectivity index (χ3v) is 5.74. The predicted molar refractivity (Wildman–Crippen MR) is 115 cm³/mol. The fraction of sp³-hybridized carbons (Fsp3) is 0.174. The molecule has 3 aromatic rings. The molecule has 0 aliphatic rings.